The zero-order chi connectivity index (χ0) is 21.2. The quantitative estimate of drug-likeness (QED) is 0.167. The van der Waals surface area contributed by atoms with Crippen LogP contribution in [0.1, 0.15) is 20.3 Å². The van der Waals surface area contributed by atoms with Gasteiger partial charge in [0.1, 0.15) is 12.7 Å². The lowest BCUT2D eigenvalue weighted by Crippen LogP contribution is -2.33. The third-order valence-corrected chi connectivity index (χ3v) is 3.23. The molecule has 1 atom stereocenters. The number of ether oxygens (including phenoxy) is 2. The number of carboxylic acid groups (broad SMARTS) is 1. The zero-order valence-corrected chi connectivity index (χ0v) is 15.6. The lowest BCUT2D eigenvalue weighted by molar-refractivity contribution is -0.146. The van der Waals surface area contributed by atoms with E-state index in [0.29, 0.717) is 0 Å². The van der Waals surface area contributed by atoms with E-state index in [4.69, 9.17) is 29.7 Å². The molecule has 26 heavy (non-hydrogen) atoms. The number of aliphatic hydroxyl groups is 3. The van der Waals surface area contributed by atoms with Gasteiger partial charge in [-0.05, 0) is 13.8 Å². The number of carbonyl (C=O) groups excluding carboxylic acids is 1. The second-order valence-electron chi connectivity index (χ2n) is 4.32. The number of rotatable bonds is 10. The fourth-order valence-corrected chi connectivity index (χ4v) is 1.63. The van der Waals surface area contributed by atoms with E-state index in [9.17, 15) is 18.0 Å². The van der Waals surface area contributed by atoms with Crippen LogP contribution in [0.25, 0.3) is 0 Å². The van der Waals surface area contributed by atoms with Crippen LogP contribution in [-0.4, -0.2) is 89.7 Å². The number of hydrogen-bond donors (Lipinski definition) is 5. The SMILES string of the molecule is C=CCOC(=O)C(CC(=O)O)S(=O)(=O)O.CCOCC.OCC(O)CO. The molecule has 0 rings (SSSR count). The molecule has 0 bridgehead atoms. The topological polar surface area (TPSA) is 188 Å². The van der Waals surface area contributed by atoms with E-state index in [2.05, 4.69) is 11.3 Å². The summed E-state index contributed by atoms with van der Waals surface area (Å²) in [6.07, 6.45) is -0.820. The number of hydrogen-bond acceptors (Lipinski definition) is 9. The van der Waals surface area contributed by atoms with Crippen molar-refractivity contribution in [2.45, 2.75) is 31.6 Å². The fourth-order valence-electron chi connectivity index (χ4n) is 0.965. The van der Waals surface area contributed by atoms with E-state index in [1.807, 2.05) is 13.8 Å². The summed E-state index contributed by atoms with van der Waals surface area (Å²) in [6, 6.07) is 0. The van der Waals surface area contributed by atoms with E-state index >= 15 is 0 Å². The summed E-state index contributed by atoms with van der Waals surface area (Å²) >= 11 is 0. The standard InChI is InChI=1S/C7H10O7S.C4H10O.C3H8O3/c1-2-3-14-7(10)5(4-6(8)9)15(11,12)13;1-3-5-4-2;4-1-3(6)2-5/h2,5H,1,3-4H2,(H,8,9)(H,11,12,13);3-4H2,1-2H3;3-6H,1-2H2. The molecular weight excluding hydrogens is 376 g/mol. The summed E-state index contributed by atoms with van der Waals surface area (Å²) < 4.78 is 39.0. The Morgan fingerprint density at radius 3 is 1.81 bits per heavy atom. The number of aliphatic hydroxyl groups excluding tert-OH is 3. The van der Waals surface area contributed by atoms with Crippen LogP contribution in [-0.2, 0) is 29.2 Å². The highest BCUT2D eigenvalue weighted by molar-refractivity contribution is 7.87. The minimum Gasteiger partial charge on any atom is -0.481 e. The van der Waals surface area contributed by atoms with E-state index in [-0.39, 0.29) is 19.8 Å². The number of aliphatic carboxylic acids is 1. The van der Waals surface area contributed by atoms with Crippen LogP contribution >= 0.6 is 0 Å². The Hall–Kier alpha value is -1.57. The van der Waals surface area contributed by atoms with Crippen LogP contribution in [0, 0.1) is 0 Å². The fraction of sp³-hybridized carbons (Fsp3) is 0.714. The monoisotopic (exact) mass is 404 g/mol. The van der Waals surface area contributed by atoms with Crippen LogP contribution in [0.15, 0.2) is 12.7 Å². The average molecular weight is 404 g/mol. The molecule has 11 nitrogen and oxygen atoms in total. The van der Waals surface area contributed by atoms with Crippen molar-refractivity contribution in [2.24, 2.45) is 0 Å². The average Bonchev–Trinajstić information content (AvgIpc) is 2.57. The molecule has 0 saturated carbocycles. The molecule has 0 aliphatic heterocycles. The van der Waals surface area contributed by atoms with Crippen molar-refractivity contribution in [1.82, 2.24) is 0 Å². The van der Waals surface area contributed by atoms with Gasteiger partial charge in [0.2, 0.25) is 0 Å². The van der Waals surface area contributed by atoms with Gasteiger partial charge >= 0.3 is 11.9 Å². The molecule has 156 valence electrons. The van der Waals surface area contributed by atoms with E-state index < -0.39 is 39.8 Å². The first-order valence-corrected chi connectivity index (χ1v) is 8.95. The molecule has 0 spiro atoms. The van der Waals surface area contributed by atoms with Crippen molar-refractivity contribution in [3.63, 3.8) is 0 Å². The van der Waals surface area contributed by atoms with Crippen LogP contribution in [0.2, 0.25) is 0 Å². The van der Waals surface area contributed by atoms with Crippen molar-refractivity contribution in [3.05, 3.63) is 12.7 Å². The van der Waals surface area contributed by atoms with Gasteiger partial charge in [-0.2, -0.15) is 8.42 Å². The Balaban J connectivity index is -0.000000394. The predicted octanol–water partition coefficient (Wildman–Crippen LogP) is -1.18. The minimum absolute atomic E-state index is 0.259. The van der Waals surface area contributed by atoms with Crippen LogP contribution < -0.4 is 0 Å². The smallest absolute Gasteiger partial charge is 0.327 e. The van der Waals surface area contributed by atoms with Crippen LogP contribution in [0.5, 0.6) is 0 Å². The molecule has 0 aliphatic carbocycles. The van der Waals surface area contributed by atoms with Crippen molar-refractivity contribution < 1.29 is 52.5 Å². The molecule has 12 heteroatoms. The first kappa shape index (κ1) is 29.2. The van der Waals surface area contributed by atoms with E-state index in [1.165, 1.54) is 6.08 Å². The first-order chi connectivity index (χ1) is 12.0. The molecule has 0 radical (unpaired) electrons. The molecule has 1 unspecified atom stereocenters. The molecule has 0 aromatic carbocycles. The molecule has 0 fully saturated rings. The van der Waals surface area contributed by atoms with Gasteiger partial charge in [0.25, 0.3) is 10.1 Å². The maximum absolute atomic E-state index is 11.0. The van der Waals surface area contributed by atoms with E-state index in [0.717, 1.165) is 13.2 Å². The Morgan fingerprint density at radius 2 is 1.62 bits per heavy atom. The van der Waals surface area contributed by atoms with Gasteiger partial charge in [-0.3, -0.25) is 14.1 Å². The molecule has 0 saturated heterocycles. The van der Waals surface area contributed by atoms with Gasteiger partial charge in [0.05, 0.1) is 19.6 Å². The molecular formula is C14H28O11S. The Morgan fingerprint density at radius 1 is 1.15 bits per heavy atom. The summed E-state index contributed by atoms with van der Waals surface area (Å²) in [5.74, 6) is -2.85. The molecule has 0 aromatic rings. The Labute approximate surface area is 152 Å². The number of carboxylic acids is 1. The van der Waals surface area contributed by atoms with Crippen molar-refractivity contribution >= 4 is 22.1 Å². The lowest BCUT2D eigenvalue weighted by atomic mass is 10.3. The number of esters is 1. The van der Waals surface area contributed by atoms with Gasteiger partial charge in [-0.25, -0.2) is 0 Å². The predicted molar refractivity (Wildman–Crippen MR) is 91.1 cm³/mol. The highest BCUT2D eigenvalue weighted by Gasteiger charge is 2.34. The van der Waals surface area contributed by atoms with Crippen molar-refractivity contribution in [2.75, 3.05) is 33.0 Å². The first-order valence-electron chi connectivity index (χ1n) is 7.44. The van der Waals surface area contributed by atoms with Gasteiger partial charge in [0.15, 0.2) is 5.25 Å². The van der Waals surface area contributed by atoms with Gasteiger partial charge in [0, 0.05) is 13.2 Å². The number of carbonyl (C=O) groups is 2. The summed E-state index contributed by atoms with van der Waals surface area (Å²) in [4.78, 5) is 21.2. The van der Waals surface area contributed by atoms with Gasteiger partial charge in [-0.1, -0.05) is 12.7 Å². The van der Waals surface area contributed by atoms with Crippen LogP contribution in [0.3, 0.4) is 0 Å². The maximum Gasteiger partial charge on any atom is 0.327 e. The maximum atomic E-state index is 11.0. The lowest BCUT2D eigenvalue weighted by Gasteiger charge is -2.09. The second kappa shape index (κ2) is 18.2. The largest absolute Gasteiger partial charge is 0.481 e. The normalized spacial score (nSPS) is 11.3. The second-order valence-corrected chi connectivity index (χ2v) is 5.92. The summed E-state index contributed by atoms with van der Waals surface area (Å²) in [5, 5.41) is 30.2. The third kappa shape index (κ3) is 20.5. The molecule has 5 N–H and O–H groups in total. The molecule has 0 aliphatic rings. The van der Waals surface area contributed by atoms with Gasteiger partial charge < -0.3 is 29.9 Å². The Kier molecular flexibility index (Phi) is 20.5. The molecule has 0 heterocycles. The minimum atomic E-state index is -4.78. The van der Waals surface area contributed by atoms with E-state index in [1.54, 1.807) is 0 Å². The van der Waals surface area contributed by atoms with Crippen molar-refractivity contribution in [1.29, 1.82) is 0 Å². The van der Waals surface area contributed by atoms with Gasteiger partial charge in [-0.15, -0.1) is 0 Å². The summed E-state index contributed by atoms with van der Waals surface area (Å²) in [5.41, 5.74) is 0. The zero-order valence-electron chi connectivity index (χ0n) is 14.8. The summed E-state index contributed by atoms with van der Waals surface area (Å²) in [7, 11) is -4.78. The highest BCUT2D eigenvalue weighted by Crippen LogP contribution is 2.07. The third-order valence-electron chi connectivity index (χ3n) is 2.16. The van der Waals surface area contributed by atoms with Crippen LogP contribution in [0.4, 0.5) is 0 Å². The summed E-state index contributed by atoms with van der Waals surface area (Å²) in [6.45, 7) is 7.89. The molecule has 0 amide bonds. The highest BCUT2D eigenvalue weighted by atomic mass is 32.2. The molecule has 0 aromatic heterocycles. The Bertz CT molecular complexity index is 469. The van der Waals surface area contributed by atoms with Crippen molar-refractivity contribution in [3.8, 4) is 0 Å².